The van der Waals surface area contributed by atoms with Crippen LogP contribution in [0.5, 0.6) is 0 Å². The van der Waals surface area contributed by atoms with Crippen LogP contribution in [0.15, 0.2) is 78.9 Å². The maximum absolute atomic E-state index is 3.68. The van der Waals surface area contributed by atoms with E-state index in [1.54, 1.807) is 39.6 Å². The number of thiol groups is 1. The summed E-state index contributed by atoms with van der Waals surface area (Å²) in [5.74, 6) is 6.06. The fourth-order valence-electron chi connectivity index (χ4n) is 8.14. The van der Waals surface area contributed by atoms with Gasteiger partial charge in [-0.2, -0.15) is 12.6 Å². The summed E-state index contributed by atoms with van der Waals surface area (Å²) in [6.07, 6.45) is 17.9. The van der Waals surface area contributed by atoms with Crippen LogP contribution in [0, 0.1) is 37.0 Å². The van der Waals surface area contributed by atoms with Gasteiger partial charge in [0.05, 0.1) is 0 Å². The molecule has 76 heavy (non-hydrogen) atoms. The van der Waals surface area contributed by atoms with Crippen LogP contribution in [0.25, 0.3) is 0 Å². The standard InChI is InChI=1S/C17H24.C16H24.C10H14.C9H16.C6H14.C5H13N.C4H6.3C2H6.CH4S/c1-12-10-14(16(2,3)4)13-6-5-7-17(8-9-17)15(13)11-12;1-11-9-13(15(2,3)4)12-7-8-16(5,6)14(12)10-11;1-10(2,3)9-7-5-4-6-8-9;1-5-8(3)7-9(4)6-2;1-5-6(2,3)4;1-5(2,3)6-4;1-3-4-2;4*1-2/h10-11H,5-9H2,1-4H3;9-10H,7-8H2,1-6H3;4-8H,1-3H3;5,7,9H,1,6H2,2-4H3;5H2,1-4H3;6H,1-4H3;1-2H3;3*1-2H3;2H,1H3/b;;;8-7-;;;;;;;. The average Bonchev–Trinajstić information content (AvgIpc) is 4.08. The van der Waals surface area contributed by atoms with Gasteiger partial charge in [-0.3, -0.25) is 0 Å². The lowest BCUT2D eigenvalue weighted by Crippen LogP contribution is -2.31. The number of rotatable bonds is 3. The molecular weight excluding hydrogens is 935 g/mol. The van der Waals surface area contributed by atoms with E-state index >= 15 is 0 Å². The van der Waals surface area contributed by atoms with Crippen molar-refractivity contribution in [2.75, 3.05) is 13.3 Å². The van der Waals surface area contributed by atoms with E-state index in [2.05, 4.69) is 256 Å². The normalized spacial score (nSPS) is 14.4. The van der Waals surface area contributed by atoms with Gasteiger partial charge >= 0.3 is 0 Å². The van der Waals surface area contributed by atoms with Crippen molar-refractivity contribution in [1.82, 2.24) is 5.32 Å². The number of fused-ring (bicyclic) bond motifs is 3. The van der Waals surface area contributed by atoms with Gasteiger partial charge in [0, 0.05) is 5.54 Å². The van der Waals surface area contributed by atoms with Gasteiger partial charge in [0.25, 0.3) is 0 Å². The third-order valence-electron chi connectivity index (χ3n) is 13.9. The van der Waals surface area contributed by atoms with E-state index in [1.807, 2.05) is 68.5 Å². The summed E-state index contributed by atoms with van der Waals surface area (Å²) in [5, 5.41) is 3.10. The molecule has 0 saturated heterocycles. The van der Waals surface area contributed by atoms with E-state index in [0.29, 0.717) is 38.5 Å². The molecule has 1 N–H and O–H groups in total. The lowest BCUT2D eigenvalue weighted by molar-refractivity contribution is 0.398. The molecule has 6 rings (SSSR count). The molecule has 1 nitrogen and oxygen atoms in total. The van der Waals surface area contributed by atoms with Crippen molar-refractivity contribution in [2.45, 2.75) is 305 Å². The minimum absolute atomic E-state index is 0.274. The smallest absolute Gasteiger partial charge is 0.00935 e. The Hall–Kier alpha value is -2.99. The Bertz CT molecular complexity index is 1990. The molecule has 0 amide bonds. The molecule has 3 aliphatic rings. The zero-order chi connectivity index (χ0) is 61.1. The molecule has 1 fully saturated rings. The zero-order valence-corrected chi connectivity index (χ0v) is 58.3. The molecule has 0 aliphatic heterocycles. The van der Waals surface area contributed by atoms with Crippen molar-refractivity contribution < 1.29 is 0 Å². The first-order chi connectivity index (χ1) is 35.0. The van der Waals surface area contributed by atoms with Crippen molar-refractivity contribution in [3.8, 4) is 11.8 Å². The number of hydrogen-bond acceptors (Lipinski definition) is 2. The Morgan fingerprint density at radius 3 is 1.32 bits per heavy atom. The monoisotopic (exact) mass is 1070 g/mol. The lowest BCUT2D eigenvalue weighted by Gasteiger charge is -2.32. The summed E-state index contributed by atoms with van der Waals surface area (Å²) in [7, 11) is 1.96. The molecular formula is C74H133NS. The molecule has 3 aromatic carbocycles. The predicted octanol–water partition coefficient (Wildman–Crippen LogP) is 23.4. The van der Waals surface area contributed by atoms with Crippen molar-refractivity contribution in [1.29, 1.82) is 0 Å². The van der Waals surface area contributed by atoms with Gasteiger partial charge in [-0.1, -0.05) is 262 Å². The van der Waals surface area contributed by atoms with Crippen LogP contribution >= 0.6 is 12.6 Å². The van der Waals surface area contributed by atoms with Crippen LogP contribution in [-0.4, -0.2) is 18.8 Å². The van der Waals surface area contributed by atoms with Gasteiger partial charge in [0.1, 0.15) is 0 Å². The van der Waals surface area contributed by atoms with Gasteiger partial charge in [-0.25, -0.2) is 0 Å². The Kier molecular flexibility index (Phi) is 43.3. The average molecular weight is 1070 g/mol. The summed E-state index contributed by atoms with van der Waals surface area (Å²) >= 11 is 3.53. The molecule has 1 unspecified atom stereocenters. The van der Waals surface area contributed by atoms with Crippen LogP contribution in [0.3, 0.4) is 0 Å². The summed E-state index contributed by atoms with van der Waals surface area (Å²) in [5.41, 5.74) is 18.1. The van der Waals surface area contributed by atoms with Crippen LogP contribution in [0.1, 0.15) is 296 Å². The SMILES string of the molecule is C=C/C(C)=C\C(C)CC.CC.CC.CC.CC#CC.CC(C)(C)c1ccccc1.CCC(C)(C)C.CNC(C)(C)C.CS.Cc1cc(C(C)(C)C)c2c(c1)C(C)(C)CC2.Cc1cc(C(C)(C)C)c2c(c1)C1(CCC2)CC1. The Morgan fingerprint density at radius 2 is 1.03 bits per heavy atom. The van der Waals surface area contributed by atoms with E-state index in [0.717, 1.165) is 0 Å². The number of aryl methyl sites for hydroxylation is 2. The second-order valence-electron chi connectivity index (χ2n) is 26.2. The van der Waals surface area contributed by atoms with Crippen LogP contribution in [-0.2, 0) is 39.9 Å². The summed E-state index contributed by atoms with van der Waals surface area (Å²) < 4.78 is 0. The first-order valence-corrected chi connectivity index (χ1v) is 31.0. The predicted molar refractivity (Wildman–Crippen MR) is 360 cm³/mol. The van der Waals surface area contributed by atoms with Gasteiger partial charge in [-0.15, -0.1) is 11.8 Å². The second-order valence-corrected chi connectivity index (χ2v) is 26.2. The summed E-state index contributed by atoms with van der Waals surface area (Å²) in [4.78, 5) is 0. The molecule has 0 aromatic heterocycles. The van der Waals surface area contributed by atoms with Crippen molar-refractivity contribution in [3.05, 3.63) is 129 Å². The highest BCUT2D eigenvalue weighted by atomic mass is 32.1. The van der Waals surface area contributed by atoms with Gasteiger partial charge < -0.3 is 5.32 Å². The lowest BCUT2D eigenvalue weighted by atomic mass is 9.72. The molecule has 0 heterocycles. The number of nitrogens with one attached hydrogen (secondary N) is 1. The maximum Gasteiger partial charge on any atom is 0.00935 e. The minimum atomic E-state index is 0.274. The molecule has 3 aromatic rings. The molecule has 3 aliphatic carbocycles. The largest absolute Gasteiger partial charge is 0.315 e. The van der Waals surface area contributed by atoms with Crippen LogP contribution in [0.2, 0.25) is 0 Å². The minimum Gasteiger partial charge on any atom is -0.315 e. The van der Waals surface area contributed by atoms with Crippen molar-refractivity contribution in [3.63, 3.8) is 0 Å². The molecule has 1 spiro atoms. The van der Waals surface area contributed by atoms with E-state index in [-0.39, 0.29) is 5.41 Å². The highest BCUT2D eigenvalue weighted by Crippen LogP contribution is 2.56. The fraction of sp³-hybridized carbons (Fsp3) is 0.676. The quantitative estimate of drug-likeness (QED) is 0.151. The number of allylic oxidation sites excluding steroid dienone is 3. The van der Waals surface area contributed by atoms with Crippen LogP contribution in [0.4, 0.5) is 0 Å². The van der Waals surface area contributed by atoms with Crippen LogP contribution < -0.4 is 5.32 Å². The highest BCUT2D eigenvalue weighted by Gasteiger charge is 2.47. The molecule has 1 atom stereocenters. The van der Waals surface area contributed by atoms with Gasteiger partial charge in [-0.05, 0) is 191 Å². The van der Waals surface area contributed by atoms with Gasteiger partial charge in [0.15, 0.2) is 0 Å². The number of hydrogen-bond donors (Lipinski definition) is 2. The Labute approximate surface area is 485 Å². The van der Waals surface area contributed by atoms with Crippen molar-refractivity contribution >= 4 is 12.6 Å². The Balaban J connectivity index is -0.000000264. The van der Waals surface area contributed by atoms with E-state index in [4.69, 9.17) is 0 Å². The Morgan fingerprint density at radius 1 is 0.645 bits per heavy atom. The molecule has 2 heteroatoms. The third-order valence-corrected chi connectivity index (χ3v) is 13.9. The third kappa shape index (κ3) is 34.8. The second kappa shape index (κ2) is 40.2. The van der Waals surface area contributed by atoms with E-state index < -0.39 is 0 Å². The van der Waals surface area contributed by atoms with E-state index in [9.17, 15) is 0 Å². The fourth-order valence-corrected chi connectivity index (χ4v) is 8.14. The first kappa shape index (κ1) is 81.9. The van der Waals surface area contributed by atoms with E-state index in [1.165, 1.54) is 80.1 Å². The topological polar surface area (TPSA) is 12.0 Å². The zero-order valence-electron chi connectivity index (χ0n) is 57.4. The summed E-state index contributed by atoms with van der Waals surface area (Å²) in [6.45, 7) is 71.1. The number of benzene rings is 3. The van der Waals surface area contributed by atoms with Crippen molar-refractivity contribution in [2.24, 2.45) is 11.3 Å². The highest BCUT2D eigenvalue weighted by molar-refractivity contribution is 7.79. The summed E-state index contributed by atoms with van der Waals surface area (Å²) in [6, 6.07) is 20.3. The first-order valence-electron chi connectivity index (χ1n) is 30.1. The maximum atomic E-state index is 3.68. The molecule has 0 radical (unpaired) electrons. The molecule has 440 valence electrons. The molecule has 0 bridgehead atoms. The molecule has 1 saturated carbocycles. The van der Waals surface area contributed by atoms with Gasteiger partial charge in [0.2, 0.25) is 0 Å².